The summed E-state index contributed by atoms with van der Waals surface area (Å²) in [5, 5.41) is 8.82. The van der Waals surface area contributed by atoms with Gasteiger partial charge in [0.2, 0.25) is 0 Å². The van der Waals surface area contributed by atoms with Gasteiger partial charge in [0.1, 0.15) is 5.60 Å². The third kappa shape index (κ3) is 1.50. The summed E-state index contributed by atoms with van der Waals surface area (Å²) in [6, 6.07) is 0. The van der Waals surface area contributed by atoms with Gasteiger partial charge in [-0.1, -0.05) is 13.8 Å². The first-order valence-corrected chi connectivity index (χ1v) is 3.87. The minimum atomic E-state index is -0.204. The Morgan fingerprint density at radius 1 is 1.60 bits per heavy atom. The molecular formula is C8H16O2. The molecule has 1 N–H and O–H groups in total. The van der Waals surface area contributed by atoms with Gasteiger partial charge in [-0.3, -0.25) is 0 Å². The van der Waals surface area contributed by atoms with Crippen molar-refractivity contribution in [2.75, 3.05) is 6.61 Å². The first kappa shape index (κ1) is 8.02. The van der Waals surface area contributed by atoms with E-state index in [1.54, 1.807) is 0 Å². The van der Waals surface area contributed by atoms with Crippen LogP contribution in [0.3, 0.4) is 0 Å². The largest absolute Gasteiger partial charge is 0.393 e. The van der Waals surface area contributed by atoms with E-state index in [4.69, 9.17) is 9.84 Å². The Hall–Kier alpha value is -0.0800. The minimum Gasteiger partial charge on any atom is -0.393 e. The number of epoxide rings is 1. The van der Waals surface area contributed by atoms with Crippen LogP contribution >= 0.6 is 0 Å². The number of hydrogen-bond acceptors (Lipinski definition) is 2. The summed E-state index contributed by atoms with van der Waals surface area (Å²) in [5.74, 6) is 0.665. The van der Waals surface area contributed by atoms with Crippen LogP contribution in [0.5, 0.6) is 0 Å². The third-order valence-electron chi connectivity index (χ3n) is 2.03. The van der Waals surface area contributed by atoms with E-state index in [-0.39, 0.29) is 12.2 Å². The summed E-state index contributed by atoms with van der Waals surface area (Å²) in [6.07, 6.45) is 1.37. The van der Waals surface area contributed by atoms with Crippen LogP contribution in [0.4, 0.5) is 0 Å². The Morgan fingerprint density at radius 3 is 2.50 bits per heavy atom. The third-order valence-corrected chi connectivity index (χ3v) is 2.03. The van der Waals surface area contributed by atoms with Gasteiger partial charge in [0.15, 0.2) is 0 Å². The molecular weight excluding hydrogens is 128 g/mol. The lowest BCUT2D eigenvalue weighted by Gasteiger charge is -2.02. The van der Waals surface area contributed by atoms with E-state index in [0.29, 0.717) is 12.0 Å². The van der Waals surface area contributed by atoms with Gasteiger partial charge in [-0.05, 0) is 19.3 Å². The van der Waals surface area contributed by atoms with Crippen molar-refractivity contribution in [1.29, 1.82) is 0 Å². The van der Waals surface area contributed by atoms with E-state index in [2.05, 4.69) is 13.8 Å². The fourth-order valence-electron chi connectivity index (χ4n) is 1.16. The smallest absolute Gasteiger partial charge is 0.115 e. The van der Waals surface area contributed by atoms with E-state index < -0.39 is 0 Å². The second kappa shape index (κ2) is 2.51. The summed E-state index contributed by atoms with van der Waals surface area (Å²) < 4.78 is 5.31. The lowest BCUT2D eigenvalue weighted by molar-refractivity contribution is 0.184. The molecule has 1 saturated heterocycles. The molecule has 10 heavy (non-hydrogen) atoms. The molecule has 2 atom stereocenters. The average Bonchev–Trinajstić information content (AvgIpc) is 2.43. The molecule has 0 bridgehead atoms. The van der Waals surface area contributed by atoms with Gasteiger partial charge < -0.3 is 9.84 Å². The van der Waals surface area contributed by atoms with E-state index in [0.717, 1.165) is 6.42 Å². The number of rotatable bonds is 3. The summed E-state index contributed by atoms with van der Waals surface area (Å²) in [5.41, 5.74) is -0.204. The maximum Gasteiger partial charge on any atom is 0.115 e. The molecule has 0 radical (unpaired) electrons. The van der Waals surface area contributed by atoms with Gasteiger partial charge in [0.25, 0.3) is 0 Å². The van der Waals surface area contributed by atoms with Gasteiger partial charge in [-0.2, -0.15) is 0 Å². The van der Waals surface area contributed by atoms with Crippen molar-refractivity contribution in [2.24, 2.45) is 5.92 Å². The fraction of sp³-hybridized carbons (Fsp3) is 1.00. The van der Waals surface area contributed by atoms with Gasteiger partial charge in [-0.25, -0.2) is 0 Å². The van der Waals surface area contributed by atoms with Crippen molar-refractivity contribution in [2.45, 2.75) is 38.9 Å². The van der Waals surface area contributed by atoms with E-state index in [1.807, 2.05) is 6.92 Å². The Balaban J connectivity index is 2.24. The second-order valence-electron chi connectivity index (χ2n) is 3.71. The Morgan fingerprint density at radius 2 is 2.20 bits per heavy atom. The maximum absolute atomic E-state index is 8.82. The topological polar surface area (TPSA) is 32.8 Å². The van der Waals surface area contributed by atoms with E-state index in [1.165, 1.54) is 0 Å². The fourth-order valence-corrected chi connectivity index (χ4v) is 1.16. The zero-order chi connectivity index (χ0) is 7.78. The van der Waals surface area contributed by atoms with Crippen LogP contribution in [0.2, 0.25) is 0 Å². The van der Waals surface area contributed by atoms with Crippen molar-refractivity contribution in [3.05, 3.63) is 0 Å². The van der Waals surface area contributed by atoms with E-state index in [9.17, 15) is 0 Å². The molecule has 1 heterocycles. The van der Waals surface area contributed by atoms with Crippen molar-refractivity contribution >= 4 is 0 Å². The highest BCUT2D eigenvalue weighted by Crippen LogP contribution is 2.39. The van der Waals surface area contributed by atoms with Crippen LogP contribution in [-0.2, 0) is 4.74 Å². The molecule has 1 aliphatic rings. The molecule has 1 aliphatic heterocycles. The van der Waals surface area contributed by atoms with Crippen LogP contribution in [0.1, 0.15) is 27.2 Å². The van der Waals surface area contributed by atoms with Crippen molar-refractivity contribution in [3.63, 3.8) is 0 Å². The Kier molecular flexibility index (Phi) is 2.02. The predicted octanol–water partition coefficient (Wildman–Crippen LogP) is 1.18. The molecule has 2 heteroatoms. The minimum absolute atomic E-state index is 0.157. The standard InChI is InChI=1S/C8H16O2/c1-6(2)4-7-8(3,5-9)10-7/h6-7,9H,4-5H2,1-3H3/t7-,8-/m0/s1. The molecule has 0 spiro atoms. The summed E-state index contributed by atoms with van der Waals surface area (Å²) in [6.45, 7) is 6.45. The van der Waals surface area contributed by atoms with Crippen molar-refractivity contribution in [3.8, 4) is 0 Å². The quantitative estimate of drug-likeness (QED) is 0.603. The van der Waals surface area contributed by atoms with Crippen LogP contribution < -0.4 is 0 Å². The highest BCUT2D eigenvalue weighted by Gasteiger charge is 2.51. The molecule has 0 aliphatic carbocycles. The summed E-state index contributed by atoms with van der Waals surface area (Å²) >= 11 is 0. The predicted molar refractivity (Wildman–Crippen MR) is 39.8 cm³/mol. The summed E-state index contributed by atoms with van der Waals surface area (Å²) in [4.78, 5) is 0. The molecule has 60 valence electrons. The molecule has 1 fully saturated rings. The summed E-state index contributed by atoms with van der Waals surface area (Å²) in [7, 11) is 0. The van der Waals surface area contributed by atoms with Crippen LogP contribution in [0.15, 0.2) is 0 Å². The molecule has 0 aromatic carbocycles. The van der Waals surface area contributed by atoms with Crippen LogP contribution in [0.25, 0.3) is 0 Å². The maximum atomic E-state index is 8.82. The zero-order valence-corrected chi connectivity index (χ0v) is 6.92. The SMILES string of the molecule is CC(C)C[C@@H]1O[C@@]1(C)CO. The molecule has 2 nitrogen and oxygen atoms in total. The van der Waals surface area contributed by atoms with Crippen molar-refractivity contribution < 1.29 is 9.84 Å². The highest BCUT2D eigenvalue weighted by atomic mass is 16.6. The van der Waals surface area contributed by atoms with Gasteiger partial charge in [0.05, 0.1) is 12.7 Å². The average molecular weight is 144 g/mol. The highest BCUT2D eigenvalue weighted by molar-refractivity contribution is 4.98. The van der Waals surface area contributed by atoms with Gasteiger partial charge >= 0.3 is 0 Å². The Bertz CT molecular complexity index is 122. The normalized spacial score (nSPS) is 38.7. The number of aliphatic hydroxyl groups excluding tert-OH is 1. The van der Waals surface area contributed by atoms with Gasteiger partial charge in [0, 0.05) is 0 Å². The number of aliphatic hydroxyl groups is 1. The first-order valence-electron chi connectivity index (χ1n) is 3.87. The molecule has 0 unspecified atom stereocenters. The molecule has 0 aromatic rings. The molecule has 1 rings (SSSR count). The molecule has 0 aromatic heterocycles. The van der Waals surface area contributed by atoms with Gasteiger partial charge in [-0.15, -0.1) is 0 Å². The van der Waals surface area contributed by atoms with Crippen LogP contribution in [-0.4, -0.2) is 23.4 Å². The lowest BCUT2D eigenvalue weighted by atomic mass is 10.0. The Labute approximate surface area is 62.2 Å². The zero-order valence-electron chi connectivity index (χ0n) is 6.92. The second-order valence-corrected chi connectivity index (χ2v) is 3.71. The number of hydrogen-bond donors (Lipinski definition) is 1. The molecule has 0 amide bonds. The number of ether oxygens (including phenoxy) is 1. The monoisotopic (exact) mass is 144 g/mol. The molecule has 0 saturated carbocycles. The van der Waals surface area contributed by atoms with Crippen molar-refractivity contribution in [1.82, 2.24) is 0 Å². The first-order chi connectivity index (χ1) is 4.58. The van der Waals surface area contributed by atoms with E-state index >= 15 is 0 Å². The van der Waals surface area contributed by atoms with Crippen LogP contribution in [0, 0.1) is 5.92 Å². The lowest BCUT2D eigenvalue weighted by Crippen LogP contribution is -2.16.